The molecule has 0 radical (unpaired) electrons. The highest BCUT2D eigenvalue weighted by molar-refractivity contribution is 6.08. The zero-order chi connectivity index (χ0) is 16.4. The maximum Gasteiger partial charge on any atom is 0.256 e. The number of para-hydroxylation sites is 1. The number of aromatic nitrogens is 1. The van der Waals surface area contributed by atoms with Gasteiger partial charge in [0.2, 0.25) is 0 Å². The minimum absolute atomic E-state index is 0.141. The fourth-order valence-electron chi connectivity index (χ4n) is 3.26. The Hall–Kier alpha value is -1.81. The van der Waals surface area contributed by atoms with E-state index in [0.717, 1.165) is 54.7 Å². The number of amides is 1. The first-order valence-corrected chi connectivity index (χ1v) is 8.54. The van der Waals surface area contributed by atoms with Gasteiger partial charge in [-0.05, 0) is 31.7 Å². The third-order valence-electron chi connectivity index (χ3n) is 4.50. The summed E-state index contributed by atoms with van der Waals surface area (Å²) >= 11 is 0. The van der Waals surface area contributed by atoms with E-state index < -0.39 is 0 Å². The van der Waals surface area contributed by atoms with Crippen molar-refractivity contribution in [3.63, 3.8) is 0 Å². The normalized spacial score (nSPS) is 16.4. The number of nitrogens with one attached hydrogen (secondary N) is 1. The second-order valence-corrected chi connectivity index (χ2v) is 6.89. The van der Waals surface area contributed by atoms with Crippen molar-refractivity contribution in [2.24, 2.45) is 5.92 Å². The van der Waals surface area contributed by atoms with Crippen molar-refractivity contribution in [3.8, 4) is 0 Å². The van der Waals surface area contributed by atoms with Crippen LogP contribution in [0, 0.1) is 12.8 Å². The molecule has 2 aromatic rings. The number of carbonyl (C=O) groups is 1. The van der Waals surface area contributed by atoms with Crippen LogP contribution in [-0.2, 0) is 4.74 Å². The van der Waals surface area contributed by atoms with Gasteiger partial charge in [0.25, 0.3) is 5.91 Å². The second-order valence-electron chi connectivity index (χ2n) is 6.89. The van der Waals surface area contributed by atoms with Gasteiger partial charge in [-0.25, -0.2) is 0 Å². The molecule has 1 aromatic heterocycles. The molecule has 1 fully saturated rings. The molecular formula is C19H26N2O2. The minimum atomic E-state index is 0.141. The number of likely N-dealkylation sites (tertiary alicyclic amines) is 1. The van der Waals surface area contributed by atoms with Crippen LogP contribution < -0.4 is 0 Å². The molecule has 4 heteroatoms. The fourth-order valence-corrected chi connectivity index (χ4v) is 3.26. The average Bonchev–Trinajstić information content (AvgIpc) is 2.88. The number of piperidine rings is 1. The zero-order valence-electron chi connectivity index (χ0n) is 14.3. The molecule has 1 N–H and O–H groups in total. The number of rotatable bonds is 4. The lowest BCUT2D eigenvalue weighted by atomic mass is 10.0. The van der Waals surface area contributed by atoms with Crippen LogP contribution in [0.3, 0.4) is 0 Å². The van der Waals surface area contributed by atoms with Crippen molar-refractivity contribution in [2.75, 3.05) is 19.7 Å². The van der Waals surface area contributed by atoms with Gasteiger partial charge < -0.3 is 14.6 Å². The van der Waals surface area contributed by atoms with E-state index in [-0.39, 0.29) is 5.91 Å². The Kier molecular flexibility index (Phi) is 4.71. The Morgan fingerprint density at radius 3 is 2.70 bits per heavy atom. The van der Waals surface area contributed by atoms with Crippen LogP contribution in [0.25, 0.3) is 10.9 Å². The number of H-pyrrole nitrogens is 1. The van der Waals surface area contributed by atoms with E-state index in [9.17, 15) is 4.79 Å². The SMILES string of the molecule is Cc1[nH]c2ccccc2c1C(=O)N1CCC(OCC(C)C)CC1. The standard InChI is InChI=1S/C19H26N2O2/c1-13(2)12-23-15-8-10-21(11-9-15)19(22)18-14(3)20-17-7-5-4-6-16(17)18/h4-7,13,15,20H,8-12H2,1-3H3. The predicted molar refractivity (Wildman–Crippen MR) is 92.8 cm³/mol. The van der Waals surface area contributed by atoms with Crippen LogP contribution in [-0.4, -0.2) is 41.6 Å². The van der Waals surface area contributed by atoms with Gasteiger partial charge in [0, 0.05) is 36.3 Å². The van der Waals surface area contributed by atoms with Crippen molar-refractivity contribution in [1.82, 2.24) is 9.88 Å². The third-order valence-corrected chi connectivity index (χ3v) is 4.50. The summed E-state index contributed by atoms with van der Waals surface area (Å²) in [5.74, 6) is 0.700. The molecule has 0 bridgehead atoms. The number of ether oxygens (including phenoxy) is 1. The van der Waals surface area contributed by atoms with Gasteiger partial charge in [-0.3, -0.25) is 4.79 Å². The monoisotopic (exact) mass is 314 g/mol. The van der Waals surface area contributed by atoms with E-state index in [4.69, 9.17) is 4.74 Å². The molecule has 2 heterocycles. The molecule has 0 unspecified atom stereocenters. The Morgan fingerprint density at radius 2 is 2.00 bits per heavy atom. The van der Waals surface area contributed by atoms with E-state index in [1.54, 1.807) is 0 Å². The summed E-state index contributed by atoms with van der Waals surface area (Å²) in [5.41, 5.74) is 2.81. The largest absolute Gasteiger partial charge is 0.378 e. The summed E-state index contributed by atoms with van der Waals surface area (Å²) in [5, 5.41) is 1.02. The maximum atomic E-state index is 12.9. The van der Waals surface area contributed by atoms with Gasteiger partial charge >= 0.3 is 0 Å². The minimum Gasteiger partial charge on any atom is -0.378 e. The topological polar surface area (TPSA) is 45.3 Å². The van der Waals surface area contributed by atoms with E-state index in [0.29, 0.717) is 12.0 Å². The van der Waals surface area contributed by atoms with Crippen molar-refractivity contribution in [1.29, 1.82) is 0 Å². The lowest BCUT2D eigenvalue weighted by molar-refractivity contribution is -0.00228. The average molecular weight is 314 g/mol. The first-order chi connectivity index (χ1) is 11.1. The van der Waals surface area contributed by atoms with E-state index >= 15 is 0 Å². The highest BCUT2D eigenvalue weighted by Gasteiger charge is 2.26. The van der Waals surface area contributed by atoms with Gasteiger partial charge in [-0.1, -0.05) is 32.0 Å². The van der Waals surface area contributed by atoms with Crippen LogP contribution in [0.1, 0.15) is 42.7 Å². The third kappa shape index (κ3) is 3.42. The Morgan fingerprint density at radius 1 is 1.30 bits per heavy atom. The number of nitrogens with zero attached hydrogens (tertiary/aromatic N) is 1. The zero-order valence-corrected chi connectivity index (χ0v) is 14.3. The number of hydrogen-bond acceptors (Lipinski definition) is 2. The summed E-state index contributed by atoms with van der Waals surface area (Å²) in [6, 6.07) is 8.01. The fraction of sp³-hybridized carbons (Fsp3) is 0.526. The Balaban J connectivity index is 1.68. The van der Waals surface area contributed by atoms with Gasteiger partial charge in [0.15, 0.2) is 0 Å². The summed E-state index contributed by atoms with van der Waals surface area (Å²) in [4.78, 5) is 18.2. The maximum absolute atomic E-state index is 12.9. The summed E-state index contributed by atoms with van der Waals surface area (Å²) < 4.78 is 5.91. The quantitative estimate of drug-likeness (QED) is 0.934. The Bertz CT molecular complexity index is 682. The molecule has 0 atom stereocenters. The van der Waals surface area contributed by atoms with Gasteiger partial charge in [-0.2, -0.15) is 0 Å². The summed E-state index contributed by atoms with van der Waals surface area (Å²) in [6.45, 7) is 8.67. The molecule has 3 rings (SSSR count). The highest BCUT2D eigenvalue weighted by atomic mass is 16.5. The lowest BCUT2D eigenvalue weighted by Crippen LogP contribution is -2.41. The van der Waals surface area contributed by atoms with Crippen LogP contribution in [0.4, 0.5) is 0 Å². The molecule has 0 aliphatic carbocycles. The molecule has 0 saturated carbocycles. The molecular weight excluding hydrogens is 288 g/mol. The van der Waals surface area contributed by atoms with Gasteiger partial charge in [0.1, 0.15) is 0 Å². The van der Waals surface area contributed by atoms with Crippen molar-refractivity contribution in [3.05, 3.63) is 35.5 Å². The molecule has 1 saturated heterocycles. The van der Waals surface area contributed by atoms with Crippen molar-refractivity contribution >= 4 is 16.8 Å². The molecule has 1 aromatic carbocycles. The second kappa shape index (κ2) is 6.75. The molecule has 1 aliphatic rings. The predicted octanol–water partition coefficient (Wildman–Crippen LogP) is 3.75. The number of aromatic amines is 1. The van der Waals surface area contributed by atoms with E-state index in [2.05, 4.69) is 18.8 Å². The number of aryl methyl sites for hydroxylation is 1. The van der Waals surface area contributed by atoms with Crippen molar-refractivity contribution in [2.45, 2.75) is 39.7 Å². The summed E-state index contributed by atoms with van der Waals surface area (Å²) in [6.07, 6.45) is 2.16. The summed E-state index contributed by atoms with van der Waals surface area (Å²) in [7, 11) is 0. The molecule has 4 nitrogen and oxygen atoms in total. The van der Waals surface area contributed by atoms with Crippen LogP contribution in [0.15, 0.2) is 24.3 Å². The van der Waals surface area contributed by atoms with E-state index in [1.807, 2.05) is 36.1 Å². The van der Waals surface area contributed by atoms with Crippen molar-refractivity contribution < 1.29 is 9.53 Å². The first kappa shape index (κ1) is 16.1. The molecule has 1 amide bonds. The highest BCUT2D eigenvalue weighted by Crippen LogP contribution is 2.25. The lowest BCUT2D eigenvalue weighted by Gasteiger charge is -2.32. The van der Waals surface area contributed by atoms with Crippen LogP contribution >= 0.6 is 0 Å². The number of carbonyl (C=O) groups excluding carboxylic acids is 1. The van der Waals surface area contributed by atoms with Gasteiger partial charge in [-0.15, -0.1) is 0 Å². The number of benzene rings is 1. The first-order valence-electron chi connectivity index (χ1n) is 8.54. The number of hydrogen-bond donors (Lipinski definition) is 1. The smallest absolute Gasteiger partial charge is 0.256 e. The molecule has 0 spiro atoms. The van der Waals surface area contributed by atoms with Crippen LogP contribution in [0.5, 0.6) is 0 Å². The molecule has 23 heavy (non-hydrogen) atoms. The molecule has 124 valence electrons. The van der Waals surface area contributed by atoms with Gasteiger partial charge in [0.05, 0.1) is 11.7 Å². The Labute approximate surface area is 137 Å². The molecule has 1 aliphatic heterocycles. The number of fused-ring (bicyclic) bond motifs is 1. The van der Waals surface area contributed by atoms with Crippen LogP contribution in [0.2, 0.25) is 0 Å². The van der Waals surface area contributed by atoms with E-state index in [1.165, 1.54) is 0 Å².